The Hall–Kier alpha value is -2.17. The minimum Gasteiger partial charge on any atom is -0.464 e. The van der Waals surface area contributed by atoms with E-state index in [9.17, 15) is 4.79 Å². The molecule has 0 aliphatic rings. The van der Waals surface area contributed by atoms with E-state index in [1.807, 2.05) is 19.2 Å². The summed E-state index contributed by atoms with van der Waals surface area (Å²) >= 11 is 0. The first-order chi connectivity index (χ1) is 7.72. The molecule has 16 heavy (non-hydrogen) atoms. The van der Waals surface area contributed by atoms with Crippen molar-refractivity contribution >= 4 is 5.97 Å². The second-order valence-corrected chi connectivity index (χ2v) is 3.24. The molecule has 0 fully saturated rings. The number of esters is 1. The van der Waals surface area contributed by atoms with Gasteiger partial charge in [0.1, 0.15) is 5.69 Å². The lowest BCUT2D eigenvalue weighted by molar-refractivity contribution is 0.0594. The summed E-state index contributed by atoms with van der Waals surface area (Å²) in [6, 6.07) is 7.04. The molecule has 0 aliphatic carbocycles. The van der Waals surface area contributed by atoms with Gasteiger partial charge in [-0.15, -0.1) is 0 Å². The number of methoxy groups -OCH3 is 1. The van der Waals surface area contributed by atoms with Gasteiger partial charge in [-0.1, -0.05) is 6.07 Å². The van der Waals surface area contributed by atoms with Crippen LogP contribution in [0, 0.1) is 0 Å². The van der Waals surface area contributed by atoms with E-state index in [4.69, 9.17) is 0 Å². The summed E-state index contributed by atoms with van der Waals surface area (Å²) in [5, 5.41) is 4.05. The lowest BCUT2D eigenvalue weighted by Gasteiger charge is -2.03. The molecule has 0 saturated carbocycles. The number of aryl methyl sites for hydroxylation is 1. The highest BCUT2D eigenvalue weighted by Gasteiger charge is 2.10. The number of carbonyl (C=O) groups excluding carboxylic acids is 1. The fourth-order valence-electron chi connectivity index (χ4n) is 1.42. The Bertz CT molecular complexity index is 519. The molecule has 0 saturated heterocycles. The van der Waals surface area contributed by atoms with Gasteiger partial charge in [-0.2, -0.15) is 5.10 Å². The summed E-state index contributed by atoms with van der Waals surface area (Å²) in [7, 11) is 3.16. The molecule has 0 N–H and O–H groups in total. The quantitative estimate of drug-likeness (QED) is 0.711. The highest BCUT2D eigenvalue weighted by Crippen LogP contribution is 2.15. The predicted octanol–water partition coefficient (Wildman–Crippen LogP) is 1.27. The van der Waals surface area contributed by atoms with E-state index >= 15 is 0 Å². The Kier molecular flexibility index (Phi) is 2.68. The first-order valence-corrected chi connectivity index (χ1v) is 4.76. The minimum atomic E-state index is -0.441. The lowest BCUT2D eigenvalue weighted by Crippen LogP contribution is -2.05. The third-order valence-electron chi connectivity index (χ3n) is 2.23. The molecule has 2 heterocycles. The van der Waals surface area contributed by atoms with E-state index in [-0.39, 0.29) is 0 Å². The molecule has 0 aliphatic heterocycles. The number of aromatic nitrogens is 3. The Morgan fingerprint density at radius 2 is 2.19 bits per heavy atom. The molecular formula is C11H11N3O2. The van der Waals surface area contributed by atoms with Crippen molar-refractivity contribution in [2.45, 2.75) is 0 Å². The Balaban J connectivity index is 2.44. The maximum absolute atomic E-state index is 11.3. The van der Waals surface area contributed by atoms with Crippen LogP contribution in [0.15, 0.2) is 30.5 Å². The molecule has 2 rings (SSSR count). The standard InChI is InChI=1S/C11H11N3O2/c1-14-10(6-7-12-14)8-4-3-5-9(13-8)11(15)16-2/h3-7H,1-2H3. The first kappa shape index (κ1) is 10.4. The number of hydrogen-bond donors (Lipinski definition) is 0. The van der Waals surface area contributed by atoms with Gasteiger partial charge in [-0.25, -0.2) is 9.78 Å². The Morgan fingerprint density at radius 3 is 2.81 bits per heavy atom. The monoisotopic (exact) mass is 217 g/mol. The average molecular weight is 217 g/mol. The summed E-state index contributed by atoms with van der Waals surface area (Å²) in [5.41, 5.74) is 1.84. The van der Waals surface area contributed by atoms with Crippen molar-refractivity contribution in [1.29, 1.82) is 0 Å². The molecule has 0 atom stereocenters. The fraction of sp³-hybridized carbons (Fsp3) is 0.182. The molecule has 82 valence electrons. The number of carbonyl (C=O) groups is 1. The molecule has 2 aromatic heterocycles. The molecule has 0 aromatic carbocycles. The third-order valence-corrected chi connectivity index (χ3v) is 2.23. The highest BCUT2D eigenvalue weighted by molar-refractivity contribution is 5.87. The summed E-state index contributed by atoms with van der Waals surface area (Å²) in [6.45, 7) is 0. The second kappa shape index (κ2) is 4.14. The van der Waals surface area contributed by atoms with Crippen LogP contribution >= 0.6 is 0 Å². The zero-order valence-corrected chi connectivity index (χ0v) is 9.04. The molecule has 0 amide bonds. The maximum Gasteiger partial charge on any atom is 0.356 e. The topological polar surface area (TPSA) is 57.0 Å². The Morgan fingerprint density at radius 1 is 1.38 bits per heavy atom. The molecule has 0 spiro atoms. The van der Waals surface area contributed by atoms with Gasteiger partial charge in [0.2, 0.25) is 0 Å². The van der Waals surface area contributed by atoms with E-state index < -0.39 is 5.97 Å². The molecule has 0 unspecified atom stereocenters. The third kappa shape index (κ3) is 1.79. The van der Waals surface area contributed by atoms with E-state index in [1.54, 1.807) is 23.0 Å². The van der Waals surface area contributed by atoms with Crippen LogP contribution in [0.5, 0.6) is 0 Å². The molecule has 0 radical (unpaired) electrons. The van der Waals surface area contributed by atoms with Crippen LogP contribution in [-0.4, -0.2) is 27.8 Å². The normalized spacial score (nSPS) is 10.1. The fourth-order valence-corrected chi connectivity index (χ4v) is 1.42. The second-order valence-electron chi connectivity index (χ2n) is 3.24. The van der Waals surface area contributed by atoms with Gasteiger partial charge >= 0.3 is 5.97 Å². The molecule has 2 aromatic rings. The summed E-state index contributed by atoms with van der Waals surface area (Å²) < 4.78 is 6.31. The molecule has 5 nitrogen and oxygen atoms in total. The van der Waals surface area contributed by atoms with Gasteiger partial charge < -0.3 is 4.74 Å². The SMILES string of the molecule is COC(=O)c1cccc(-c2ccnn2C)n1. The van der Waals surface area contributed by atoms with E-state index in [0.29, 0.717) is 11.4 Å². The van der Waals surface area contributed by atoms with E-state index in [1.165, 1.54) is 7.11 Å². The van der Waals surface area contributed by atoms with Crippen LogP contribution in [0.1, 0.15) is 10.5 Å². The number of rotatable bonds is 2. The van der Waals surface area contributed by atoms with Crippen LogP contribution in [0.25, 0.3) is 11.4 Å². The first-order valence-electron chi connectivity index (χ1n) is 4.76. The lowest BCUT2D eigenvalue weighted by atomic mass is 10.2. The zero-order chi connectivity index (χ0) is 11.5. The number of pyridine rings is 1. The van der Waals surface area contributed by atoms with Crippen molar-refractivity contribution in [2.24, 2.45) is 7.05 Å². The largest absolute Gasteiger partial charge is 0.464 e. The Labute approximate surface area is 92.7 Å². The smallest absolute Gasteiger partial charge is 0.356 e. The van der Waals surface area contributed by atoms with E-state index in [0.717, 1.165) is 5.69 Å². The van der Waals surface area contributed by atoms with Crippen molar-refractivity contribution in [3.8, 4) is 11.4 Å². The van der Waals surface area contributed by atoms with Crippen LogP contribution in [-0.2, 0) is 11.8 Å². The molecule has 0 bridgehead atoms. The number of hydrogen-bond acceptors (Lipinski definition) is 4. The number of nitrogens with zero attached hydrogens (tertiary/aromatic N) is 3. The summed E-state index contributed by atoms with van der Waals surface area (Å²) in [6.07, 6.45) is 1.68. The maximum atomic E-state index is 11.3. The molecular weight excluding hydrogens is 206 g/mol. The van der Waals surface area contributed by atoms with Crippen molar-refractivity contribution < 1.29 is 9.53 Å². The van der Waals surface area contributed by atoms with Gasteiger partial charge in [0.05, 0.1) is 18.5 Å². The van der Waals surface area contributed by atoms with Gasteiger partial charge in [0.15, 0.2) is 0 Å². The highest BCUT2D eigenvalue weighted by atomic mass is 16.5. The average Bonchev–Trinajstić information content (AvgIpc) is 2.74. The van der Waals surface area contributed by atoms with Gasteiger partial charge in [0, 0.05) is 13.2 Å². The van der Waals surface area contributed by atoms with Crippen molar-refractivity contribution in [1.82, 2.24) is 14.8 Å². The van der Waals surface area contributed by atoms with Crippen molar-refractivity contribution in [3.05, 3.63) is 36.2 Å². The van der Waals surface area contributed by atoms with Gasteiger partial charge in [-0.3, -0.25) is 4.68 Å². The van der Waals surface area contributed by atoms with Crippen LogP contribution in [0.2, 0.25) is 0 Å². The summed E-state index contributed by atoms with van der Waals surface area (Å²) in [4.78, 5) is 15.5. The van der Waals surface area contributed by atoms with Crippen molar-refractivity contribution in [2.75, 3.05) is 7.11 Å². The van der Waals surface area contributed by atoms with Crippen LogP contribution in [0.4, 0.5) is 0 Å². The van der Waals surface area contributed by atoms with Gasteiger partial charge in [-0.05, 0) is 18.2 Å². The molecule has 5 heteroatoms. The van der Waals surface area contributed by atoms with Crippen LogP contribution < -0.4 is 0 Å². The van der Waals surface area contributed by atoms with Gasteiger partial charge in [0.25, 0.3) is 0 Å². The van der Waals surface area contributed by atoms with Crippen molar-refractivity contribution in [3.63, 3.8) is 0 Å². The van der Waals surface area contributed by atoms with Crippen LogP contribution in [0.3, 0.4) is 0 Å². The number of ether oxygens (including phenoxy) is 1. The zero-order valence-electron chi connectivity index (χ0n) is 9.04. The summed E-state index contributed by atoms with van der Waals surface area (Å²) in [5.74, 6) is -0.441. The minimum absolute atomic E-state index is 0.293. The van der Waals surface area contributed by atoms with E-state index in [2.05, 4.69) is 14.8 Å². The predicted molar refractivity (Wildman–Crippen MR) is 57.8 cm³/mol.